The summed E-state index contributed by atoms with van der Waals surface area (Å²) in [5.41, 5.74) is 5.86. The van der Waals surface area contributed by atoms with Gasteiger partial charge in [-0.1, -0.05) is 0 Å². The monoisotopic (exact) mass is 395 g/mol. The zero-order chi connectivity index (χ0) is 18.1. The van der Waals surface area contributed by atoms with E-state index in [1.165, 1.54) is 4.90 Å². The van der Waals surface area contributed by atoms with Gasteiger partial charge >= 0.3 is 5.97 Å². The van der Waals surface area contributed by atoms with E-state index in [9.17, 15) is 14.4 Å². The second-order valence-electron chi connectivity index (χ2n) is 6.01. The predicted molar refractivity (Wildman–Crippen MR) is 102 cm³/mol. The molecule has 0 saturated carbocycles. The van der Waals surface area contributed by atoms with Gasteiger partial charge in [-0.2, -0.15) is 11.8 Å². The third-order valence-electron chi connectivity index (χ3n) is 4.09. The lowest BCUT2D eigenvalue weighted by Crippen LogP contribution is -2.49. The quantitative estimate of drug-likeness (QED) is 0.609. The molecule has 0 aromatic rings. The van der Waals surface area contributed by atoms with Gasteiger partial charge in [-0.3, -0.25) is 14.4 Å². The number of nitrogens with zero attached hydrogens (tertiary/aromatic N) is 2. The van der Waals surface area contributed by atoms with Gasteiger partial charge in [-0.05, 0) is 38.2 Å². The van der Waals surface area contributed by atoms with Gasteiger partial charge in [0, 0.05) is 20.1 Å². The minimum absolute atomic E-state index is 0. The van der Waals surface area contributed by atoms with Crippen LogP contribution in [0.5, 0.6) is 0 Å². The van der Waals surface area contributed by atoms with Crippen LogP contribution in [0.4, 0.5) is 0 Å². The van der Waals surface area contributed by atoms with Crippen LogP contribution < -0.4 is 5.73 Å². The largest absolute Gasteiger partial charge is 0.466 e. The van der Waals surface area contributed by atoms with Gasteiger partial charge in [0.05, 0.1) is 25.1 Å². The van der Waals surface area contributed by atoms with Gasteiger partial charge in [0.1, 0.15) is 0 Å². The van der Waals surface area contributed by atoms with Crippen molar-refractivity contribution in [2.75, 3.05) is 45.3 Å². The third kappa shape index (κ3) is 7.83. The van der Waals surface area contributed by atoms with Gasteiger partial charge in [0.15, 0.2) is 0 Å². The maximum Gasteiger partial charge on any atom is 0.310 e. The number of thioether (sulfide) groups is 1. The maximum atomic E-state index is 12.4. The molecule has 25 heavy (non-hydrogen) atoms. The number of esters is 1. The van der Waals surface area contributed by atoms with Crippen LogP contribution in [0.15, 0.2) is 0 Å². The molecule has 1 heterocycles. The number of hydrogen-bond donors (Lipinski definition) is 1. The lowest BCUT2D eigenvalue weighted by atomic mass is 9.98. The van der Waals surface area contributed by atoms with E-state index in [1.54, 1.807) is 30.6 Å². The van der Waals surface area contributed by atoms with Crippen LogP contribution in [0.1, 0.15) is 26.2 Å². The SMILES string of the molecule is CCOC(=O)C1CCCN(C(=O)CN(C)C(=O)C(N)CCSC)C1.Cl. The minimum atomic E-state index is -0.580. The van der Waals surface area contributed by atoms with E-state index < -0.39 is 6.04 Å². The van der Waals surface area contributed by atoms with E-state index >= 15 is 0 Å². The third-order valence-corrected chi connectivity index (χ3v) is 4.74. The van der Waals surface area contributed by atoms with E-state index in [-0.39, 0.29) is 42.7 Å². The average molecular weight is 396 g/mol. The standard InChI is InChI=1S/C16H29N3O4S.ClH/c1-4-23-16(22)12-6-5-8-19(10-12)14(20)11-18(2)15(21)13(17)7-9-24-3;/h12-13H,4-11,17H2,1-3H3;1H. The maximum absolute atomic E-state index is 12.4. The summed E-state index contributed by atoms with van der Waals surface area (Å²) in [6, 6.07) is -0.580. The molecule has 1 rings (SSSR count). The molecule has 9 heteroatoms. The van der Waals surface area contributed by atoms with Crippen molar-refractivity contribution in [2.24, 2.45) is 11.7 Å². The van der Waals surface area contributed by atoms with Crippen LogP contribution in [0, 0.1) is 5.92 Å². The highest BCUT2D eigenvalue weighted by Crippen LogP contribution is 2.18. The first-order chi connectivity index (χ1) is 11.4. The van der Waals surface area contributed by atoms with Gasteiger partial charge in [0.2, 0.25) is 11.8 Å². The molecule has 1 aliphatic rings. The van der Waals surface area contributed by atoms with Crippen LogP contribution in [-0.2, 0) is 19.1 Å². The van der Waals surface area contributed by atoms with Crippen molar-refractivity contribution in [1.82, 2.24) is 9.80 Å². The normalized spacial score (nSPS) is 18.1. The second-order valence-corrected chi connectivity index (χ2v) is 7.00. The molecule has 2 atom stereocenters. The predicted octanol–water partition coefficient (Wildman–Crippen LogP) is 0.749. The fraction of sp³-hybridized carbons (Fsp3) is 0.812. The summed E-state index contributed by atoms with van der Waals surface area (Å²) in [5, 5.41) is 0. The topological polar surface area (TPSA) is 92.9 Å². The lowest BCUT2D eigenvalue weighted by Gasteiger charge is -2.33. The molecule has 0 aromatic carbocycles. The van der Waals surface area contributed by atoms with Crippen molar-refractivity contribution in [3.63, 3.8) is 0 Å². The first kappa shape index (κ1) is 24.0. The van der Waals surface area contributed by atoms with Gasteiger partial charge in [-0.15, -0.1) is 12.4 Å². The summed E-state index contributed by atoms with van der Waals surface area (Å²) in [4.78, 5) is 39.4. The highest BCUT2D eigenvalue weighted by molar-refractivity contribution is 7.98. The number of rotatable bonds is 8. The van der Waals surface area contributed by atoms with Gasteiger partial charge in [-0.25, -0.2) is 0 Å². The van der Waals surface area contributed by atoms with Crippen LogP contribution in [0.25, 0.3) is 0 Å². The number of amides is 2. The number of piperidine rings is 1. The summed E-state index contributed by atoms with van der Waals surface area (Å²) in [6.45, 7) is 3.06. The zero-order valence-corrected chi connectivity index (χ0v) is 16.9. The summed E-state index contributed by atoms with van der Waals surface area (Å²) < 4.78 is 5.04. The fourth-order valence-electron chi connectivity index (χ4n) is 2.69. The molecule has 2 unspecified atom stereocenters. The zero-order valence-electron chi connectivity index (χ0n) is 15.2. The molecular weight excluding hydrogens is 366 g/mol. The van der Waals surface area contributed by atoms with Crippen LogP contribution >= 0.6 is 24.2 Å². The molecule has 2 amide bonds. The van der Waals surface area contributed by atoms with Crippen molar-refractivity contribution in [3.8, 4) is 0 Å². The lowest BCUT2D eigenvalue weighted by molar-refractivity contribution is -0.152. The molecule has 7 nitrogen and oxygen atoms in total. The molecule has 2 N–H and O–H groups in total. The second kappa shape index (κ2) is 12.4. The molecule has 0 bridgehead atoms. The molecule has 1 aliphatic heterocycles. The first-order valence-corrected chi connectivity index (χ1v) is 9.74. The van der Waals surface area contributed by atoms with Gasteiger partial charge in [0.25, 0.3) is 0 Å². The number of likely N-dealkylation sites (N-methyl/N-ethyl adjacent to an activating group) is 1. The smallest absolute Gasteiger partial charge is 0.310 e. The van der Waals surface area contributed by atoms with Crippen LogP contribution in [0.3, 0.4) is 0 Å². The van der Waals surface area contributed by atoms with Crippen LogP contribution in [0.2, 0.25) is 0 Å². The van der Waals surface area contributed by atoms with E-state index in [0.29, 0.717) is 26.1 Å². The molecule has 1 fully saturated rings. The molecule has 1 saturated heterocycles. The Kier molecular flexibility index (Phi) is 11.9. The summed E-state index contributed by atoms with van der Waals surface area (Å²) in [7, 11) is 1.59. The van der Waals surface area contributed by atoms with Gasteiger partial charge < -0.3 is 20.3 Å². The summed E-state index contributed by atoms with van der Waals surface area (Å²) in [6.07, 6.45) is 4.05. The highest BCUT2D eigenvalue weighted by atomic mass is 35.5. The highest BCUT2D eigenvalue weighted by Gasteiger charge is 2.30. The average Bonchev–Trinajstić information content (AvgIpc) is 2.59. The number of carbonyl (C=O) groups excluding carboxylic acids is 3. The Morgan fingerprint density at radius 2 is 2.08 bits per heavy atom. The van der Waals surface area contributed by atoms with Crippen molar-refractivity contribution in [2.45, 2.75) is 32.2 Å². The molecule has 0 aromatic heterocycles. The Morgan fingerprint density at radius 1 is 1.40 bits per heavy atom. The van der Waals surface area contributed by atoms with Crippen molar-refractivity contribution in [1.29, 1.82) is 0 Å². The number of likely N-dealkylation sites (tertiary alicyclic amines) is 1. The molecule has 0 radical (unpaired) electrons. The number of halogens is 1. The number of nitrogens with two attached hydrogens (primary N) is 1. The van der Waals surface area contributed by atoms with Crippen molar-refractivity contribution >= 4 is 42.0 Å². The van der Waals surface area contributed by atoms with E-state index in [2.05, 4.69) is 0 Å². The fourth-order valence-corrected chi connectivity index (χ4v) is 3.18. The Hall–Kier alpha value is -0.990. The van der Waals surface area contributed by atoms with E-state index in [0.717, 1.165) is 18.6 Å². The Bertz CT molecular complexity index is 453. The van der Waals surface area contributed by atoms with E-state index in [1.807, 2.05) is 6.26 Å². The summed E-state index contributed by atoms with van der Waals surface area (Å²) in [5.74, 6) is -0.0959. The Balaban J connectivity index is 0.00000576. The molecule has 146 valence electrons. The Labute approximate surface area is 160 Å². The van der Waals surface area contributed by atoms with Crippen molar-refractivity contribution in [3.05, 3.63) is 0 Å². The Morgan fingerprint density at radius 3 is 2.68 bits per heavy atom. The first-order valence-electron chi connectivity index (χ1n) is 8.34. The number of hydrogen-bond acceptors (Lipinski definition) is 6. The number of ether oxygens (including phenoxy) is 1. The van der Waals surface area contributed by atoms with Crippen molar-refractivity contribution < 1.29 is 19.1 Å². The molecular formula is C16H30ClN3O4S. The minimum Gasteiger partial charge on any atom is -0.466 e. The number of carbonyl (C=O) groups is 3. The van der Waals surface area contributed by atoms with Crippen LogP contribution in [-0.4, -0.2) is 78.9 Å². The molecule has 0 spiro atoms. The molecule has 0 aliphatic carbocycles. The summed E-state index contributed by atoms with van der Waals surface area (Å²) >= 11 is 1.63. The van der Waals surface area contributed by atoms with E-state index in [4.69, 9.17) is 10.5 Å².